The molecule has 0 aromatic heterocycles. The van der Waals surface area contributed by atoms with Gasteiger partial charge in [-0.05, 0) is 29.8 Å². The molecule has 1 nitrogen and oxygen atoms in total. The summed E-state index contributed by atoms with van der Waals surface area (Å²) in [6.45, 7) is 0. The van der Waals surface area contributed by atoms with Crippen LogP contribution >= 0.6 is 11.6 Å². The Kier molecular flexibility index (Phi) is 3.90. The molecule has 0 atom stereocenters. The van der Waals surface area contributed by atoms with E-state index in [4.69, 9.17) is 11.6 Å². The summed E-state index contributed by atoms with van der Waals surface area (Å²) in [7, 11) is 0. The van der Waals surface area contributed by atoms with Crippen LogP contribution in [-0.4, -0.2) is 5.78 Å². The quantitative estimate of drug-likeness (QED) is 0.773. The van der Waals surface area contributed by atoms with E-state index >= 15 is 0 Å². The maximum atomic E-state index is 13.4. The lowest BCUT2D eigenvalue weighted by molar-refractivity contribution is 0.0985. The van der Waals surface area contributed by atoms with E-state index in [1.165, 1.54) is 18.2 Å². The highest BCUT2D eigenvalue weighted by Crippen LogP contribution is 2.19. The van der Waals surface area contributed by atoms with Crippen molar-refractivity contribution in [3.63, 3.8) is 0 Å². The predicted octanol–water partition coefficient (Wildman–Crippen LogP) is 4.18. The van der Waals surface area contributed by atoms with E-state index in [9.17, 15) is 18.0 Å². The standard InChI is InChI=1S/C14H8ClF3O/c15-9-5-4-8(6-12(9)18)7-13(19)14-10(16)2-1-3-11(14)17/h1-6H,7H2. The van der Waals surface area contributed by atoms with Gasteiger partial charge in [0.2, 0.25) is 0 Å². The summed E-state index contributed by atoms with van der Waals surface area (Å²) in [5.74, 6) is -3.29. The molecule has 0 spiro atoms. The van der Waals surface area contributed by atoms with E-state index in [0.717, 1.165) is 18.2 Å². The molecule has 2 aromatic carbocycles. The maximum absolute atomic E-state index is 13.4. The molecule has 0 amide bonds. The third-order valence-electron chi connectivity index (χ3n) is 2.59. The van der Waals surface area contributed by atoms with Crippen LogP contribution < -0.4 is 0 Å². The number of benzene rings is 2. The van der Waals surface area contributed by atoms with Gasteiger partial charge in [-0.3, -0.25) is 4.79 Å². The zero-order valence-electron chi connectivity index (χ0n) is 9.59. The summed E-state index contributed by atoms with van der Waals surface area (Å²) in [5, 5.41) is -0.0757. The lowest BCUT2D eigenvalue weighted by atomic mass is 10.0. The highest BCUT2D eigenvalue weighted by atomic mass is 35.5. The first-order chi connectivity index (χ1) is 8.99. The lowest BCUT2D eigenvalue weighted by Crippen LogP contribution is -2.09. The molecule has 0 unspecified atom stereocenters. The summed E-state index contributed by atoms with van der Waals surface area (Å²) >= 11 is 5.50. The fourth-order valence-electron chi connectivity index (χ4n) is 1.69. The second kappa shape index (κ2) is 5.45. The van der Waals surface area contributed by atoms with Crippen molar-refractivity contribution in [3.8, 4) is 0 Å². The van der Waals surface area contributed by atoms with Crippen LogP contribution in [0.4, 0.5) is 13.2 Å². The molecule has 2 rings (SSSR count). The van der Waals surface area contributed by atoms with Gasteiger partial charge in [0, 0.05) is 6.42 Å². The Balaban J connectivity index is 2.28. The number of carbonyl (C=O) groups excluding carboxylic acids is 1. The van der Waals surface area contributed by atoms with Crippen LogP contribution in [0, 0.1) is 17.5 Å². The fourth-order valence-corrected chi connectivity index (χ4v) is 1.81. The van der Waals surface area contributed by atoms with Gasteiger partial charge in [-0.25, -0.2) is 13.2 Å². The number of Topliss-reactive ketones (excluding diaryl/α,β-unsaturated/α-hetero) is 1. The Hall–Kier alpha value is -1.81. The zero-order valence-corrected chi connectivity index (χ0v) is 10.3. The van der Waals surface area contributed by atoms with Gasteiger partial charge in [-0.15, -0.1) is 0 Å². The topological polar surface area (TPSA) is 17.1 Å². The molecule has 0 fully saturated rings. The molecule has 0 aliphatic carbocycles. The molecule has 5 heteroatoms. The third kappa shape index (κ3) is 2.96. The fraction of sp³-hybridized carbons (Fsp3) is 0.0714. The molecule has 98 valence electrons. The van der Waals surface area contributed by atoms with Crippen LogP contribution in [-0.2, 0) is 6.42 Å². The second-order valence-electron chi connectivity index (χ2n) is 3.95. The average molecular weight is 285 g/mol. The molecule has 2 aromatic rings. The first kappa shape index (κ1) is 13.6. The summed E-state index contributed by atoms with van der Waals surface area (Å²) in [6.07, 6.45) is -0.300. The Morgan fingerprint density at radius 2 is 1.63 bits per heavy atom. The van der Waals surface area contributed by atoms with Crippen LogP contribution in [0.3, 0.4) is 0 Å². The molecule has 0 aliphatic rings. The predicted molar refractivity (Wildman–Crippen MR) is 65.8 cm³/mol. The van der Waals surface area contributed by atoms with Gasteiger partial charge >= 0.3 is 0 Å². The average Bonchev–Trinajstić information content (AvgIpc) is 2.33. The summed E-state index contributed by atoms with van der Waals surface area (Å²) in [5.41, 5.74) is -0.313. The molecule has 0 bridgehead atoms. The maximum Gasteiger partial charge on any atom is 0.173 e. The Bertz CT molecular complexity index is 620. The number of hydrogen-bond donors (Lipinski definition) is 0. The highest BCUT2D eigenvalue weighted by Gasteiger charge is 2.17. The van der Waals surface area contributed by atoms with Crippen molar-refractivity contribution in [3.05, 3.63) is 70.0 Å². The Morgan fingerprint density at radius 3 is 2.21 bits per heavy atom. The summed E-state index contributed by atoms with van der Waals surface area (Å²) < 4.78 is 40.0. The number of ketones is 1. The minimum atomic E-state index is -0.931. The minimum absolute atomic E-state index is 0.0757. The monoisotopic (exact) mass is 284 g/mol. The Morgan fingerprint density at radius 1 is 1.00 bits per heavy atom. The van der Waals surface area contributed by atoms with Gasteiger partial charge in [0.15, 0.2) is 5.78 Å². The van der Waals surface area contributed by atoms with Gasteiger partial charge in [-0.2, -0.15) is 0 Å². The molecular weight excluding hydrogens is 277 g/mol. The van der Waals surface area contributed by atoms with E-state index in [0.29, 0.717) is 5.56 Å². The van der Waals surface area contributed by atoms with Crippen molar-refractivity contribution in [2.75, 3.05) is 0 Å². The van der Waals surface area contributed by atoms with Crippen molar-refractivity contribution in [1.29, 1.82) is 0 Å². The van der Waals surface area contributed by atoms with Crippen molar-refractivity contribution >= 4 is 17.4 Å². The van der Waals surface area contributed by atoms with Gasteiger partial charge in [-0.1, -0.05) is 23.7 Å². The van der Waals surface area contributed by atoms with Crippen LogP contribution in [0.1, 0.15) is 15.9 Å². The molecule has 0 saturated heterocycles. The van der Waals surface area contributed by atoms with Gasteiger partial charge in [0.1, 0.15) is 17.5 Å². The van der Waals surface area contributed by atoms with Crippen molar-refractivity contribution in [2.45, 2.75) is 6.42 Å². The van der Waals surface area contributed by atoms with Gasteiger partial charge in [0.25, 0.3) is 0 Å². The van der Waals surface area contributed by atoms with Gasteiger partial charge < -0.3 is 0 Å². The van der Waals surface area contributed by atoms with Crippen molar-refractivity contribution in [2.24, 2.45) is 0 Å². The molecule has 0 saturated carbocycles. The number of halogens is 4. The van der Waals surface area contributed by atoms with Crippen LogP contribution in [0.25, 0.3) is 0 Å². The van der Waals surface area contributed by atoms with E-state index < -0.39 is 28.8 Å². The Labute approximate surface area is 112 Å². The molecule has 0 aliphatic heterocycles. The van der Waals surface area contributed by atoms with Crippen molar-refractivity contribution < 1.29 is 18.0 Å². The van der Waals surface area contributed by atoms with E-state index in [1.54, 1.807) is 0 Å². The first-order valence-electron chi connectivity index (χ1n) is 5.40. The highest BCUT2D eigenvalue weighted by molar-refractivity contribution is 6.30. The molecular formula is C14H8ClF3O. The molecule has 0 N–H and O–H groups in total. The first-order valence-corrected chi connectivity index (χ1v) is 5.78. The van der Waals surface area contributed by atoms with Crippen molar-refractivity contribution in [1.82, 2.24) is 0 Å². The van der Waals surface area contributed by atoms with E-state index in [-0.39, 0.29) is 11.4 Å². The molecule has 19 heavy (non-hydrogen) atoms. The number of rotatable bonds is 3. The minimum Gasteiger partial charge on any atom is -0.294 e. The van der Waals surface area contributed by atoms with E-state index in [2.05, 4.69) is 0 Å². The smallest absolute Gasteiger partial charge is 0.173 e. The zero-order chi connectivity index (χ0) is 14.0. The van der Waals surface area contributed by atoms with Crippen LogP contribution in [0.15, 0.2) is 36.4 Å². The summed E-state index contributed by atoms with van der Waals surface area (Å²) in [4.78, 5) is 11.8. The largest absolute Gasteiger partial charge is 0.294 e. The van der Waals surface area contributed by atoms with Gasteiger partial charge in [0.05, 0.1) is 10.6 Å². The number of carbonyl (C=O) groups is 1. The second-order valence-corrected chi connectivity index (χ2v) is 4.35. The van der Waals surface area contributed by atoms with E-state index in [1.807, 2.05) is 0 Å². The summed E-state index contributed by atoms with van der Waals surface area (Å²) in [6, 6.07) is 6.96. The number of hydrogen-bond acceptors (Lipinski definition) is 1. The third-order valence-corrected chi connectivity index (χ3v) is 2.90. The SMILES string of the molecule is O=C(Cc1ccc(Cl)c(F)c1)c1c(F)cccc1F. The van der Waals surface area contributed by atoms with Crippen LogP contribution in [0.5, 0.6) is 0 Å². The lowest BCUT2D eigenvalue weighted by Gasteiger charge is -2.05. The normalized spacial score (nSPS) is 10.5. The van der Waals surface area contributed by atoms with Crippen LogP contribution in [0.2, 0.25) is 5.02 Å². The molecule has 0 radical (unpaired) electrons. The molecule has 0 heterocycles.